The molecule has 0 fully saturated rings. The van der Waals surface area contributed by atoms with Crippen LogP contribution in [-0.4, -0.2) is 42.8 Å². The highest BCUT2D eigenvalue weighted by Gasteiger charge is 2.50. The molecule has 0 atom stereocenters. The van der Waals surface area contributed by atoms with Gasteiger partial charge in [0.1, 0.15) is 5.84 Å². The summed E-state index contributed by atoms with van der Waals surface area (Å²) in [6, 6.07) is 31.7. The van der Waals surface area contributed by atoms with Crippen molar-refractivity contribution in [3.8, 4) is 0 Å². The van der Waals surface area contributed by atoms with Crippen LogP contribution >= 0.6 is 11.6 Å². The van der Waals surface area contributed by atoms with E-state index in [4.69, 9.17) is 17.3 Å². The summed E-state index contributed by atoms with van der Waals surface area (Å²) >= 11 is 6.16. The highest BCUT2D eigenvalue weighted by Crippen LogP contribution is 2.41. The third kappa shape index (κ3) is 4.96. The van der Waals surface area contributed by atoms with Gasteiger partial charge in [-0.05, 0) is 59.7 Å². The van der Waals surface area contributed by atoms with E-state index in [9.17, 15) is 9.59 Å². The molecule has 4 aromatic carbocycles. The average molecular weight is 538 g/mol. The predicted molar refractivity (Wildman–Crippen MR) is 156 cm³/mol. The Labute approximate surface area is 232 Å². The fourth-order valence-electron chi connectivity index (χ4n) is 4.99. The van der Waals surface area contributed by atoms with Gasteiger partial charge in [0, 0.05) is 35.6 Å². The number of halogens is 1. The normalized spacial score (nSPS) is 13.1. The molecule has 196 valence electrons. The summed E-state index contributed by atoms with van der Waals surface area (Å²) in [5.41, 5.74) is 7.51. The zero-order valence-corrected chi connectivity index (χ0v) is 22.2. The zero-order chi connectivity index (χ0) is 27.4. The van der Waals surface area contributed by atoms with Gasteiger partial charge in [-0.1, -0.05) is 72.3 Å². The van der Waals surface area contributed by atoms with Crippen LogP contribution in [0.2, 0.25) is 5.02 Å². The quantitative estimate of drug-likeness (QED) is 0.326. The van der Waals surface area contributed by atoms with Gasteiger partial charge >= 0.3 is 6.03 Å². The number of primary amides is 1. The molecule has 8 heteroatoms. The SMILES string of the molecule is CN1CCN=C1c1ccc(NC(=O)C(c2ccccc2)(c2ccccc2)N(C(N)=O)c2ccc(Cl)cc2)cc1. The molecule has 0 bridgehead atoms. The number of rotatable bonds is 7. The lowest BCUT2D eigenvalue weighted by Crippen LogP contribution is -2.59. The van der Waals surface area contributed by atoms with Crippen LogP contribution in [0.5, 0.6) is 0 Å². The van der Waals surface area contributed by atoms with Crippen molar-refractivity contribution in [3.63, 3.8) is 0 Å². The number of nitrogens with one attached hydrogen (secondary N) is 1. The standard InChI is InChI=1S/C31H28ClN5O2/c1-36-21-20-34-28(36)22-12-16-26(17-13-22)35-29(38)31(23-8-4-2-5-9-23,24-10-6-3-7-11-24)37(30(33)39)27-18-14-25(32)15-19-27/h2-19H,20-21H2,1H3,(H2,33,39)(H,35,38). The first-order chi connectivity index (χ1) is 18.9. The van der Waals surface area contributed by atoms with Crippen molar-refractivity contribution in [1.82, 2.24) is 4.90 Å². The Morgan fingerprint density at radius 2 is 1.44 bits per heavy atom. The molecule has 0 aromatic heterocycles. The summed E-state index contributed by atoms with van der Waals surface area (Å²) in [5.74, 6) is 0.468. The lowest BCUT2D eigenvalue weighted by Gasteiger charge is -2.42. The highest BCUT2D eigenvalue weighted by atomic mass is 35.5. The number of benzene rings is 4. The molecule has 0 radical (unpaired) electrons. The minimum atomic E-state index is -1.64. The number of amidine groups is 1. The van der Waals surface area contributed by atoms with Gasteiger partial charge < -0.3 is 16.0 Å². The maximum atomic E-state index is 14.6. The molecular formula is C31H28ClN5O2. The number of nitrogens with two attached hydrogens (primary N) is 1. The molecule has 3 N–H and O–H groups in total. The molecular weight excluding hydrogens is 510 g/mol. The smallest absolute Gasteiger partial charge is 0.320 e. The maximum Gasteiger partial charge on any atom is 0.320 e. The number of hydrogen-bond acceptors (Lipinski definition) is 4. The molecule has 5 rings (SSSR count). The molecule has 0 saturated carbocycles. The minimum Gasteiger partial charge on any atom is -0.358 e. The van der Waals surface area contributed by atoms with Crippen LogP contribution in [0.3, 0.4) is 0 Å². The Balaban J connectivity index is 1.66. The van der Waals surface area contributed by atoms with Crippen molar-refractivity contribution in [3.05, 3.63) is 131 Å². The molecule has 7 nitrogen and oxygen atoms in total. The lowest BCUT2D eigenvalue weighted by atomic mass is 9.79. The van der Waals surface area contributed by atoms with E-state index in [-0.39, 0.29) is 0 Å². The van der Waals surface area contributed by atoms with Crippen molar-refractivity contribution >= 4 is 40.7 Å². The summed E-state index contributed by atoms with van der Waals surface area (Å²) in [6.45, 7) is 1.63. The number of nitrogens with zero attached hydrogens (tertiary/aromatic N) is 3. The van der Waals surface area contributed by atoms with Gasteiger partial charge in [-0.25, -0.2) is 4.79 Å². The second-order valence-corrected chi connectivity index (χ2v) is 9.69. The molecule has 3 amide bonds. The molecule has 0 spiro atoms. The Morgan fingerprint density at radius 3 is 1.92 bits per heavy atom. The van der Waals surface area contributed by atoms with E-state index >= 15 is 0 Å². The third-order valence-electron chi connectivity index (χ3n) is 6.81. The first-order valence-electron chi connectivity index (χ1n) is 12.5. The lowest BCUT2D eigenvalue weighted by molar-refractivity contribution is -0.120. The van der Waals surface area contributed by atoms with Gasteiger partial charge in [-0.2, -0.15) is 0 Å². The molecule has 1 aliphatic rings. The van der Waals surface area contributed by atoms with Gasteiger partial charge in [-0.3, -0.25) is 14.7 Å². The van der Waals surface area contributed by atoms with Crippen LogP contribution in [0.15, 0.2) is 114 Å². The second kappa shape index (κ2) is 11.0. The van der Waals surface area contributed by atoms with Crippen LogP contribution in [0.25, 0.3) is 0 Å². The largest absolute Gasteiger partial charge is 0.358 e. The Morgan fingerprint density at radius 1 is 0.872 bits per heavy atom. The first kappa shape index (κ1) is 26.0. The number of carbonyl (C=O) groups excluding carboxylic acids is 2. The molecule has 1 aliphatic heterocycles. The van der Waals surface area contributed by atoms with Crippen LogP contribution in [0.1, 0.15) is 16.7 Å². The number of anilines is 2. The van der Waals surface area contributed by atoms with Crippen molar-refractivity contribution < 1.29 is 9.59 Å². The summed E-state index contributed by atoms with van der Waals surface area (Å²) in [5, 5.41) is 3.55. The summed E-state index contributed by atoms with van der Waals surface area (Å²) in [4.78, 5) is 35.9. The molecule has 0 saturated heterocycles. The molecule has 4 aromatic rings. The molecule has 39 heavy (non-hydrogen) atoms. The van der Waals surface area contributed by atoms with Crippen molar-refractivity contribution in [2.75, 3.05) is 30.4 Å². The molecule has 1 heterocycles. The van der Waals surface area contributed by atoms with Gasteiger partial charge in [0.25, 0.3) is 5.91 Å². The topological polar surface area (TPSA) is 91.0 Å². The summed E-state index contributed by atoms with van der Waals surface area (Å²) in [6.07, 6.45) is 0. The number of aliphatic imine (C=N–C) groups is 1. The van der Waals surface area contributed by atoms with E-state index in [1.807, 2.05) is 92.0 Å². The maximum absolute atomic E-state index is 14.6. The Kier molecular flexibility index (Phi) is 7.34. The fourth-order valence-corrected chi connectivity index (χ4v) is 5.12. The monoisotopic (exact) mass is 537 g/mol. The fraction of sp³-hybridized carbons (Fsp3) is 0.129. The summed E-state index contributed by atoms with van der Waals surface area (Å²) in [7, 11) is 2.00. The van der Waals surface area contributed by atoms with E-state index in [1.54, 1.807) is 24.3 Å². The first-order valence-corrected chi connectivity index (χ1v) is 12.9. The van der Waals surface area contributed by atoms with E-state index in [0.29, 0.717) is 27.5 Å². The second-order valence-electron chi connectivity index (χ2n) is 9.25. The average Bonchev–Trinajstić information content (AvgIpc) is 3.39. The number of carbonyl (C=O) groups is 2. The zero-order valence-electron chi connectivity index (χ0n) is 21.4. The third-order valence-corrected chi connectivity index (χ3v) is 7.06. The van der Waals surface area contributed by atoms with E-state index < -0.39 is 17.5 Å². The number of urea groups is 1. The van der Waals surface area contributed by atoms with E-state index in [2.05, 4.69) is 15.2 Å². The van der Waals surface area contributed by atoms with Crippen LogP contribution in [0.4, 0.5) is 16.2 Å². The number of likely N-dealkylation sites (N-methyl/N-ethyl adjacent to an activating group) is 1. The van der Waals surface area contributed by atoms with Crippen LogP contribution in [-0.2, 0) is 10.3 Å². The number of amides is 3. The minimum absolute atomic E-state index is 0.424. The predicted octanol–water partition coefficient (Wildman–Crippen LogP) is 5.50. The molecule has 0 aliphatic carbocycles. The van der Waals surface area contributed by atoms with Gasteiger partial charge in [0.15, 0.2) is 5.54 Å². The van der Waals surface area contributed by atoms with Gasteiger partial charge in [0.2, 0.25) is 0 Å². The Bertz CT molecular complexity index is 1450. The van der Waals surface area contributed by atoms with Crippen LogP contribution < -0.4 is 16.0 Å². The van der Waals surface area contributed by atoms with Crippen molar-refractivity contribution in [2.45, 2.75) is 5.54 Å². The molecule has 0 unspecified atom stereocenters. The highest BCUT2D eigenvalue weighted by molar-refractivity contribution is 6.30. The van der Waals surface area contributed by atoms with Crippen LogP contribution in [0, 0.1) is 0 Å². The Hall–Kier alpha value is -4.62. The van der Waals surface area contributed by atoms with Crippen molar-refractivity contribution in [2.24, 2.45) is 10.7 Å². The number of hydrogen-bond donors (Lipinski definition) is 2. The van der Waals surface area contributed by atoms with Gasteiger partial charge in [0.05, 0.1) is 6.54 Å². The van der Waals surface area contributed by atoms with Gasteiger partial charge in [-0.15, -0.1) is 0 Å². The summed E-state index contributed by atoms with van der Waals surface area (Å²) < 4.78 is 0. The van der Waals surface area contributed by atoms with Crippen molar-refractivity contribution in [1.29, 1.82) is 0 Å². The van der Waals surface area contributed by atoms with E-state index in [0.717, 1.165) is 24.5 Å². The van der Waals surface area contributed by atoms with E-state index in [1.165, 1.54) is 4.90 Å².